The number of rotatable bonds is 3. The first-order chi connectivity index (χ1) is 9.88. The minimum atomic E-state index is -0.232. The van der Waals surface area contributed by atoms with Crippen LogP contribution in [0.3, 0.4) is 0 Å². The summed E-state index contributed by atoms with van der Waals surface area (Å²) >= 11 is 7.49. The summed E-state index contributed by atoms with van der Waals surface area (Å²) in [5, 5.41) is 3.14. The first-order valence-corrected chi connectivity index (χ1v) is 7.47. The lowest BCUT2D eigenvalue weighted by Gasteiger charge is -2.12. The fourth-order valence-electron chi connectivity index (χ4n) is 1.75. The summed E-state index contributed by atoms with van der Waals surface area (Å²) in [6, 6.07) is 8.47. The summed E-state index contributed by atoms with van der Waals surface area (Å²) in [4.78, 5) is 27.2. The number of benzene rings is 1. The van der Waals surface area contributed by atoms with Gasteiger partial charge in [-0.15, -0.1) is 11.3 Å². The first kappa shape index (κ1) is 15.5. The van der Waals surface area contributed by atoms with Crippen molar-refractivity contribution in [2.45, 2.75) is 6.92 Å². The number of carbonyl (C=O) groups excluding carboxylic acids is 2. The van der Waals surface area contributed by atoms with Crippen molar-refractivity contribution in [2.75, 3.05) is 19.4 Å². The van der Waals surface area contributed by atoms with Crippen molar-refractivity contribution >= 4 is 40.4 Å². The van der Waals surface area contributed by atoms with E-state index in [2.05, 4.69) is 5.32 Å². The molecule has 1 N–H and O–H groups in total. The number of thiophene rings is 1. The van der Waals surface area contributed by atoms with E-state index < -0.39 is 0 Å². The molecule has 0 spiro atoms. The largest absolute Gasteiger partial charge is 0.345 e. The number of amides is 2. The Kier molecular flexibility index (Phi) is 4.65. The van der Waals surface area contributed by atoms with E-state index in [1.807, 2.05) is 13.0 Å². The molecule has 110 valence electrons. The highest BCUT2D eigenvalue weighted by Crippen LogP contribution is 2.25. The topological polar surface area (TPSA) is 49.4 Å². The standard InChI is InChI=1S/C15H15ClN2O2S/c1-9-4-7-13(21-9)14(19)17-12-8-10(5-6-11(12)16)15(20)18(2)3/h4-8H,1-3H3,(H,17,19). The molecule has 0 saturated carbocycles. The third-order valence-electron chi connectivity index (χ3n) is 2.83. The maximum absolute atomic E-state index is 12.1. The van der Waals surface area contributed by atoms with Crippen LogP contribution in [0, 0.1) is 6.92 Å². The Balaban J connectivity index is 2.25. The van der Waals surface area contributed by atoms with E-state index in [0.717, 1.165) is 4.88 Å². The molecule has 2 amide bonds. The van der Waals surface area contributed by atoms with Gasteiger partial charge < -0.3 is 10.2 Å². The van der Waals surface area contributed by atoms with E-state index in [0.29, 0.717) is 21.2 Å². The molecule has 6 heteroatoms. The Morgan fingerprint density at radius 3 is 2.48 bits per heavy atom. The third kappa shape index (κ3) is 3.62. The van der Waals surface area contributed by atoms with Gasteiger partial charge in [-0.1, -0.05) is 11.6 Å². The Bertz CT molecular complexity index is 695. The van der Waals surface area contributed by atoms with E-state index >= 15 is 0 Å². The van der Waals surface area contributed by atoms with Gasteiger partial charge in [-0.2, -0.15) is 0 Å². The van der Waals surface area contributed by atoms with Gasteiger partial charge in [-0.25, -0.2) is 0 Å². The predicted octanol–water partition coefficient (Wildman–Crippen LogP) is 3.66. The average Bonchev–Trinajstić information content (AvgIpc) is 2.87. The highest BCUT2D eigenvalue weighted by atomic mass is 35.5. The quantitative estimate of drug-likeness (QED) is 0.937. The van der Waals surface area contributed by atoms with Gasteiger partial charge in [0, 0.05) is 24.5 Å². The van der Waals surface area contributed by atoms with Crippen LogP contribution in [0.5, 0.6) is 0 Å². The molecule has 0 aliphatic heterocycles. The molecule has 0 fully saturated rings. The molecule has 4 nitrogen and oxygen atoms in total. The van der Waals surface area contributed by atoms with E-state index in [1.54, 1.807) is 38.4 Å². The first-order valence-electron chi connectivity index (χ1n) is 6.27. The number of halogens is 1. The second-order valence-corrected chi connectivity index (χ2v) is 6.45. The van der Waals surface area contributed by atoms with Crippen molar-refractivity contribution in [2.24, 2.45) is 0 Å². The molecule has 0 saturated heterocycles. The molecule has 0 atom stereocenters. The summed E-state index contributed by atoms with van der Waals surface area (Å²) in [5.74, 6) is -0.376. The Hall–Kier alpha value is -1.85. The van der Waals surface area contributed by atoms with Crippen molar-refractivity contribution in [3.05, 3.63) is 50.7 Å². The van der Waals surface area contributed by atoms with Crippen molar-refractivity contribution in [3.8, 4) is 0 Å². The van der Waals surface area contributed by atoms with Crippen LogP contribution < -0.4 is 5.32 Å². The van der Waals surface area contributed by atoms with Crippen LogP contribution in [0.2, 0.25) is 5.02 Å². The lowest BCUT2D eigenvalue weighted by Crippen LogP contribution is -2.22. The van der Waals surface area contributed by atoms with Crippen LogP contribution in [0.15, 0.2) is 30.3 Å². The average molecular weight is 323 g/mol. The van der Waals surface area contributed by atoms with Crippen LogP contribution >= 0.6 is 22.9 Å². The number of hydrogen-bond acceptors (Lipinski definition) is 3. The maximum atomic E-state index is 12.1. The number of aryl methyl sites for hydroxylation is 1. The van der Waals surface area contributed by atoms with Crippen molar-refractivity contribution in [1.29, 1.82) is 0 Å². The van der Waals surface area contributed by atoms with E-state index in [4.69, 9.17) is 11.6 Å². The van der Waals surface area contributed by atoms with Gasteiger partial charge in [0.25, 0.3) is 11.8 Å². The maximum Gasteiger partial charge on any atom is 0.265 e. The molecule has 0 aliphatic carbocycles. The molecule has 2 aromatic rings. The molecule has 1 aromatic heterocycles. The minimum Gasteiger partial charge on any atom is -0.345 e. The minimum absolute atomic E-state index is 0.144. The summed E-state index contributed by atoms with van der Waals surface area (Å²) in [5.41, 5.74) is 0.905. The second kappa shape index (κ2) is 6.28. The second-order valence-electron chi connectivity index (χ2n) is 4.76. The molecule has 2 rings (SSSR count). The molecule has 0 aliphatic rings. The highest BCUT2D eigenvalue weighted by molar-refractivity contribution is 7.14. The van der Waals surface area contributed by atoms with Crippen LogP contribution in [-0.2, 0) is 0 Å². The van der Waals surface area contributed by atoms with Gasteiger partial charge >= 0.3 is 0 Å². The normalized spacial score (nSPS) is 10.3. The van der Waals surface area contributed by atoms with E-state index in [1.165, 1.54) is 16.2 Å². The Morgan fingerprint density at radius 1 is 1.19 bits per heavy atom. The lowest BCUT2D eigenvalue weighted by atomic mass is 10.1. The fraction of sp³-hybridized carbons (Fsp3) is 0.200. The zero-order valence-electron chi connectivity index (χ0n) is 11.9. The van der Waals surface area contributed by atoms with Crippen LogP contribution in [-0.4, -0.2) is 30.8 Å². The highest BCUT2D eigenvalue weighted by Gasteiger charge is 2.14. The summed E-state index contributed by atoms with van der Waals surface area (Å²) in [6.45, 7) is 1.94. The number of anilines is 1. The zero-order chi connectivity index (χ0) is 15.6. The lowest BCUT2D eigenvalue weighted by molar-refractivity contribution is 0.0827. The van der Waals surface area contributed by atoms with Crippen LogP contribution in [0.1, 0.15) is 24.9 Å². The number of nitrogens with one attached hydrogen (secondary N) is 1. The summed E-state index contributed by atoms with van der Waals surface area (Å²) in [6.07, 6.45) is 0. The van der Waals surface area contributed by atoms with Gasteiger partial charge in [0.05, 0.1) is 15.6 Å². The molecule has 1 aromatic carbocycles. The number of hydrogen-bond donors (Lipinski definition) is 1. The Morgan fingerprint density at radius 2 is 1.90 bits per heavy atom. The van der Waals surface area contributed by atoms with Gasteiger partial charge in [0.2, 0.25) is 0 Å². The zero-order valence-corrected chi connectivity index (χ0v) is 13.5. The summed E-state index contributed by atoms with van der Waals surface area (Å²) in [7, 11) is 3.34. The van der Waals surface area contributed by atoms with Crippen molar-refractivity contribution in [3.63, 3.8) is 0 Å². The molecule has 0 radical (unpaired) electrons. The Labute approximate surface area is 132 Å². The third-order valence-corrected chi connectivity index (χ3v) is 4.16. The monoisotopic (exact) mass is 322 g/mol. The fourth-order valence-corrected chi connectivity index (χ4v) is 2.68. The predicted molar refractivity (Wildman–Crippen MR) is 86.5 cm³/mol. The molecule has 0 bridgehead atoms. The van der Waals surface area contributed by atoms with Crippen molar-refractivity contribution < 1.29 is 9.59 Å². The molecule has 21 heavy (non-hydrogen) atoms. The van der Waals surface area contributed by atoms with E-state index in [-0.39, 0.29) is 11.8 Å². The molecule has 0 unspecified atom stereocenters. The SMILES string of the molecule is Cc1ccc(C(=O)Nc2cc(C(=O)N(C)C)ccc2Cl)s1. The molecule has 1 heterocycles. The van der Waals surface area contributed by atoms with Crippen LogP contribution in [0.4, 0.5) is 5.69 Å². The molecular formula is C15H15ClN2O2S. The van der Waals surface area contributed by atoms with Gasteiger partial charge in [0.1, 0.15) is 0 Å². The molecular weight excluding hydrogens is 308 g/mol. The summed E-state index contributed by atoms with van der Waals surface area (Å²) < 4.78 is 0. The van der Waals surface area contributed by atoms with Gasteiger partial charge in [-0.05, 0) is 37.3 Å². The number of carbonyl (C=O) groups is 2. The smallest absolute Gasteiger partial charge is 0.265 e. The van der Waals surface area contributed by atoms with E-state index in [9.17, 15) is 9.59 Å². The van der Waals surface area contributed by atoms with Gasteiger partial charge in [-0.3, -0.25) is 9.59 Å². The van der Waals surface area contributed by atoms with Crippen molar-refractivity contribution in [1.82, 2.24) is 4.90 Å². The van der Waals surface area contributed by atoms with Gasteiger partial charge in [0.15, 0.2) is 0 Å². The number of nitrogens with zero attached hydrogens (tertiary/aromatic N) is 1. The van der Waals surface area contributed by atoms with Crippen LogP contribution in [0.25, 0.3) is 0 Å².